The summed E-state index contributed by atoms with van der Waals surface area (Å²) >= 11 is 0. The third kappa shape index (κ3) is 3.01. The SMILES string of the molecule is O=C1c2ccccc2N[C@@H](c2ccc([N+](=O)[O-])cc2)N1C[C@H]1CCCO1. The van der Waals surface area contributed by atoms with E-state index in [-0.39, 0.29) is 23.9 Å². The molecule has 0 aromatic heterocycles. The van der Waals surface area contributed by atoms with Gasteiger partial charge < -0.3 is 15.0 Å². The molecule has 0 radical (unpaired) electrons. The highest BCUT2D eigenvalue weighted by Crippen LogP contribution is 2.34. The van der Waals surface area contributed by atoms with Crippen molar-refractivity contribution < 1.29 is 14.5 Å². The maximum Gasteiger partial charge on any atom is 0.269 e. The summed E-state index contributed by atoms with van der Waals surface area (Å²) in [6, 6.07) is 13.7. The van der Waals surface area contributed by atoms with E-state index in [0.29, 0.717) is 12.1 Å². The Bertz CT molecular complexity index is 831. The zero-order valence-corrected chi connectivity index (χ0v) is 14.1. The first kappa shape index (κ1) is 16.5. The lowest BCUT2D eigenvalue weighted by atomic mass is 10.0. The van der Waals surface area contributed by atoms with E-state index in [1.165, 1.54) is 12.1 Å². The van der Waals surface area contributed by atoms with Gasteiger partial charge in [0.25, 0.3) is 11.6 Å². The van der Waals surface area contributed by atoms with E-state index in [1.807, 2.05) is 18.2 Å². The van der Waals surface area contributed by atoms with Crippen LogP contribution in [0, 0.1) is 10.1 Å². The number of benzene rings is 2. The van der Waals surface area contributed by atoms with E-state index >= 15 is 0 Å². The molecule has 0 unspecified atom stereocenters. The molecule has 0 spiro atoms. The topological polar surface area (TPSA) is 84.7 Å². The molecule has 7 nitrogen and oxygen atoms in total. The van der Waals surface area contributed by atoms with Crippen molar-refractivity contribution in [3.63, 3.8) is 0 Å². The highest BCUT2D eigenvalue weighted by molar-refractivity contribution is 6.01. The Morgan fingerprint density at radius 2 is 1.96 bits per heavy atom. The van der Waals surface area contributed by atoms with Crippen molar-refractivity contribution in [3.05, 3.63) is 69.8 Å². The number of amides is 1. The molecule has 2 heterocycles. The second-order valence-electron chi connectivity index (χ2n) is 6.53. The van der Waals surface area contributed by atoms with Crippen molar-refractivity contribution >= 4 is 17.3 Å². The lowest BCUT2D eigenvalue weighted by Gasteiger charge is -2.39. The molecular formula is C19H19N3O4. The number of nitrogens with one attached hydrogen (secondary N) is 1. The zero-order valence-electron chi connectivity index (χ0n) is 14.1. The summed E-state index contributed by atoms with van der Waals surface area (Å²) in [6.07, 6.45) is 1.56. The second kappa shape index (κ2) is 6.76. The number of anilines is 1. The molecule has 0 bridgehead atoms. The van der Waals surface area contributed by atoms with Crippen molar-refractivity contribution in [1.29, 1.82) is 0 Å². The summed E-state index contributed by atoms with van der Waals surface area (Å²) in [5, 5.41) is 14.3. The van der Waals surface area contributed by atoms with Gasteiger partial charge in [0.1, 0.15) is 6.17 Å². The van der Waals surface area contributed by atoms with Gasteiger partial charge in [-0.1, -0.05) is 12.1 Å². The maximum atomic E-state index is 13.1. The third-order valence-electron chi connectivity index (χ3n) is 4.87. The van der Waals surface area contributed by atoms with E-state index in [1.54, 1.807) is 23.1 Å². The smallest absolute Gasteiger partial charge is 0.269 e. The van der Waals surface area contributed by atoms with Gasteiger partial charge in [0.15, 0.2) is 0 Å². The zero-order chi connectivity index (χ0) is 18.1. The van der Waals surface area contributed by atoms with E-state index in [4.69, 9.17) is 4.74 Å². The lowest BCUT2D eigenvalue weighted by Crippen LogP contribution is -2.46. The number of nitro benzene ring substituents is 1. The van der Waals surface area contributed by atoms with E-state index < -0.39 is 4.92 Å². The van der Waals surface area contributed by atoms with Crippen LogP contribution in [0.4, 0.5) is 11.4 Å². The predicted octanol–water partition coefficient (Wildman–Crippen LogP) is 3.34. The second-order valence-corrected chi connectivity index (χ2v) is 6.53. The maximum absolute atomic E-state index is 13.1. The molecule has 4 rings (SSSR count). The van der Waals surface area contributed by atoms with Gasteiger partial charge in [-0.25, -0.2) is 0 Å². The van der Waals surface area contributed by atoms with Crippen LogP contribution in [-0.4, -0.2) is 35.0 Å². The summed E-state index contributed by atoms with van der Waals surface area (Å²) in [4.78, 5) is 25.3. The number of hydrogen-bond acceptors (Lipinski definition) is 5. The lowest BCUT2D eigenvalue weighted by molar-refractivity contribution is -0.384. The molecule has 134 valence electrons. The summed E-state index contributed by atoms with van der Waals surface area (Å²) in [6.45, 7) is 1.21. The molecule has 0 aliphatic carbocycles. The molecule has 2 aliphatic rings. The molecule has 0 saturated carbocycles. The Labute approximate surface area is 150 Å². The first-order valence-electron chi connectivity index (χ1n) is 8.66. The molecule has 7 heteroatoms. The number of nitrogens with zero attached hydrogens (tertiary/aromatic N) is 2. The summed E-state index contributed by atoms with van der Waals surface area (Å²) in [5.74, 6) is -0.0572. The number of fused-ring (bicyclic) bond motifs is 1. The first-order chi connectivity index (χ1) is 12.6. The van der Waals surface area contributed by atoms with Crippen LogP contribution in [0.25, 0.3) is 0 Å². The number of carbonyl (C=O) groups excluding carboxylic acids is 1. The molecule has 2 aliphatic heterocycles. The number of hydrogen-bond donors (Lipinski definition) is 1. The molecular weight excluding hydrogens is 334 g/mol. The molecule has 1 fully saturated rings. The van der Waals surface area contributed by atoms with Crippen molar-refractivity contribution in [2.24, 2.45) is 0 Å². The minimum absolute atomic E-state index is 0.0200. The largest absolute Gasteiger partial charge is 0.376 e. The van der Waals surface area contributed by atoms with Gasteiger partial charge in [0, 0.05) is 31.0 Å². The highest BCUT2D eigenvalue weighted by atomic mass is 16.6. The molecule has 2 atom stereocenters. The Morgan fingerprint density at radius 3 is 2.65 bits per heavy atom. The van der Waals surface area contributed by atoms with Gasteiger partial charge in [-0.3, -0.25) is 14.9 Å². The van der Waals surface area contributed by atoms with Crippen LogP contribution in [0.3, 0.4) is 0 Å². The van der Waals surface area contributed by atoms with Gasteiger partial charge in [0.2, 0.25) is 0 Å². The predicted molar refractivity (Wildman–Crippen MR) is 95.9 cm³/mol. The number of ether oxygens (including phenoxy) is 1. The van der Waals surface area contributed by atoms with Crippen molar-refractivity contribution in [2.45, 2.75) is 25.1 Å². The molecule has 1 N–H and O–H groups in total. The van der Waals surface area contributed by atoms with Crippen molar-refractivity contribution in [2.75, 3.05) is 18.5 Å². The van der Waals surface area contributed by atoms with Crippen LogP contribution < -0.4 is 5.32 Å². The Morgan fingerprint density at radius 1 is 1.19 bits per heavy atom. The van der Waals surface area contributed by atoms with E-state index in [0.717, 1.165) is 30.7 Å². The van der Waals surface area contributed by atoms with Crippen LogP contribution >= 0.6 is 0 Å². The van der Waals surface area contributed by atoms with Crippen LogP contribution in [0.15, 0.2) is 48.5 Å². The molecule has 2 aromatic carbocycles. The average Bonchev–Trinajstić information content (AvgIpc) is 3.17. The van der Waals surface area contributed by atoms with Crippen LogP contribution in [0.2, 0.25) is 0 Å². The molecule has 26 heavy (non-hydrogen) atoms. The fourth-order valence-corrected chi connectivity index (χ4v) is 3.53. The molecule has 1 amide bonds. The molecule has 1 saturated heterocycles. The Balaban J connectivity index is 1.69. The monoisotopic (exact) mass is 353 g/mol. The van der Waals surface area contributed by atoms with Gasteiger partial charge in [-0.2, -0.15) is 0 Å². The van der Waals surface area contributed by atoms with E-state index in [9.17, 15) is 14.9 Å². The van der Waals surface area contributed by atoms with E-state index in [2.05, 4.69) is 5.32 Å². The summed E-state index contributed by atoms with van der Waals surface area (Å²) in [5.41, 5.74) is 2.23. The van der Waals surface area contributed by atoms with Crippen LogP contribution in [0.5, 0.6) is 0 Å². The van der Waals surface area contributed by atoms with Crippen LogP contribution in [0.1, 0.15) is 34.9 Å². The van der Waals surface area contributed by atoms with Crippen LogP contribution in [-0.2, 0) is 4.74 Å². The normalized spacial score (nSPS) is 22.0. The Hall–Kier alpha value is -2.93. The number of non-ortho nitro benzene ring substituents is 1. The fourth-order valence-electron chi connectivity index (χ4n) is 3.53. The highest BCUT2D eigenvalue weighted by Gasteiger charge is 2.35. The standard InChI is InChI=1S/C19H19N3O4/c23-19-16-5-1-2-6-17(16)20-18(21(19)12-15-4-3-11-26-15)13-7-9-14(10-8-13)22(24)25/h1-2,5-10,15,18,20H,3-4,11-12H2/t15-,18-/m1/s1. The third-order valence-corrected chi connectivity index (χ3v) is 4.87. The number of para-hydroxylation sites is 1. The number of carbonyl (C=O) groups is 1. The van der Waals surface area contributed by atoms with Gasteiger partial charge >= 0.3 is 0 Å². The van der Waals surface area contributed by atoms with Crippen molar-refractivity contribution in [1.82, 2.24) is 4.90 Å². The number of nitro groups is 1. The van der Waals surface area contributed by atoms with Gasteiger partial charge in [0.05, 0.1) is 16.6 Å². The average molecular weight is 353 g/mol. The Kier molecular flexibility index (Phi) is 4.30. The van der Waals surface area contributed by atoms with Gasteiger partial charge in [-0.15, -0.1) is 0 Å². The quantitative estimate of drug-likeness (QED) is 0.673. The minimum Gasteiger partial charge on any atom is -0.376 e. The number of rotatable bonds is 4. The molecule has 2 aromatic rings. The summed E-state index contributed by atoms with van der Waals surface area (Å²) < 4.78 is 5.72. The minimum atomic E-state index is -0.428. The van der Waals surface area contributed by atoms with Crippen molar-refractivity contribution in [3.8, 4) is 0 Å². The summed E-state index contributed by atoms with van der Waals surface area (Å²) in [7, 11) is 0. The first-order valence-corrected chi connectivity index (χ1v) is 8.66. The fraction of sp³-hybridized carbons (Fsp3) is 0.316. The van der Waals surface area contributed by atoms with Gasteiger partial charge in [-0.05, 0) is 42.7 Å².